The highest BCUT2D eigenvalue weighted by Gasteiger charge is 2.27. The van der Waals surface area contributed by atoms with Gasteiger partial charge in [-0.05, 0) is 12.8 Å². The number of carboxylic acids is 1. The zero-order valence-corrected chi connectivity index (χ0v) is 9.67. The third-order valence-corrected chi connectivity index (χ3v) is 3.07. The molecule has 1 aromatic rings. The Morgan fingerprint density at radius 3 is 3.06 bits per heavy atom. The first-order chi connectivity index (χ1) is 8.09. The minimum absolute atomic E-state index is 0.182. The largest absolute Gasteiger partial charge is 0.481 e. The third-order valence-electron chi connectivity index (χ3n) is 3.07. The highest BCUT2D eigenvalue weighted by atomic mass is 16.4. The van der Waals surface area contributed by atoms with Crippen molar-refractivity contribution in [2.24, 2.45) is 13.0 Å². The van der Waals surface area contributed by atoms with E-state index in [9.17, 15) is 9.59 Å². The molecule has 6 nitrogen and oxygen atoms in total. The first-order valence-corrected chi connectivity index (χ1v) is 5.59. The maximum absolute atomic E-state index is 11.9. The molecule has 1 aromatic heterocycles. The van der Waals surface area contributed by atoms with Crippen LogP contribution < -0.4 is 10.5 Å². The number of rotatable bonds is 2. The lowest BCUT2D eigenvalue weighted by molar-refractivity contribution is -0.141. The van der Waals surface area contributed by atoms with Crippen LogP contribution in [0.15, 0.2) is 17.2 Å². The quantitative estimate of drug-likeness (QED) is 0.788. The number of carboxylic acid groups (broad SMARTS) is 1. The fraction of sp³-hybridized carbons (Fsp3) is 0.545. The number of aliphatic carboxylic acids is 1. The topological polar surface area (TPSA) is 75.4 Å². The van der Waals surface area contributed by atoms with Crippen molar-refractivity contribution in [1.82, 2.24) is 9.55 Å². The molecular formula is C11H15N3O3. The van der Waals surface area contributed by atoms with Crippen LogP contribution in [0.1, 0.15) is 12.8 Å². The summed E-state index contributed by atoms with van der Waals surface area (Å²) in [4.78, 5) is 28.6. The number of aromatic nitrogens is 2. The van der Waals surface area contributed by atoms with Crippen molar-refractivity contribution in [1.29, 1.82) is 0 Å². The molecule has 0 radical (unpaired) electrons. The van der Waals surface area contributed by atoms with Crippen LogP contribution in [-0.4, -0.2) is 33.7 Å². The van der Waals surface area contributed by atoms with Crippen molar-refractivity contribution in [3.63, 3.8) is 0 Å². The van der Waals surface area contributed by atoms with E-state index in [2.05, 4.69) is 4.98 Å². The van der Waals surface area contributed by atoms with Gasteiger partial charge in [0.05, 0.1) is 5.92 Å². The van der Waals surface area contributed by atoms with Gasteiger partial charge in [-0.2, -0.15) is 0 Å². The van der Waals surface area contributed by atoms with E-state index in [0.717, 1.165) is 6.42 Å². The molecule has 1 atom stereocenters. The summed E-state index contributed by atoms with van der Waals surface area (Å²) in [6, 6.07) is 0. The smallest absolute Gasteiger partial charge is 0.308 e. The minimum atomic E-state index is -0.803. The van der Waals surface area contributed by atoms with Crippen LogP contribution in [0.25, 0.3) is 0 Å². The zero-order chi connectivity index (χ0) is 12.4. The van der Waals surface area contributed by atoms with Gasteiger partial charge in [0, 0.05) is 32.5 Å². The number of carbonyl (C=O) groups is 1. The molecule has 0 bridgehead atoms. The molecule has 6 heteroatoms. The normalized spacial score (nSPS) is 20.3. The van der Waals surface area contributed by atoms with Crippen LogP contribution in [0, 0.1) is 5.92 Å². The predicted molar refractivity (Wildman–Crippen MR) is 62.1 cm³/mol. The van der Waals surface area contributed by atoms with Gasteiger partial charge in [0.1, 0.15) is 0 Å². The SMILES string of the molecule is Cn1ccnc(N2CCCC(C(=O)O)C2)c1=O. The summed E-state index contributed by atoms with van der Waals surface area (Å²) in [5.74, 6) is -0.862. The second-order valence-electron chi connectivity index (χ2n) is 4.29. The zero-order valence-electron chi connectivity index (χ0n) is 9.67. The molecule has 1 unspecified atom stereocenters. The Labute approximate surface area is 98.5 Å². The van der Waals surface area contributed by atoms with Crippen LogP contribution in [0.4, 0.5) is 5.82 Å². The van der Waals surface area contributed by atoms with Crippen LogP contribution in [0.3, 0.4) is 0 Å². The van der Waals surface area contributed by atoms with Crippen molar-refractivity contribution in [2.45, 2.75) is 12.8 Å². The summed E-state index contributed by atoms with van der Waals surface area (Å²) in [7, 11) is 1.66. The lowest BCUT2D eigenvalue weighted by Gasteiger charge is -2.31. The number of anilines is 1. The Morgan fingerprint density at radius 2 is 2.35 bits per heavy atom. The monoisotopic (exact) mass is 237 g/mol. The number of nitrogens with zero attached hydrogens (tertiary/aromatic N) is 3. The molecule has 1 aliphatic rings. The third kappa shape index (κ3) is 2.30. The summed E-state index contributed by atoms with van der Waals surface area (Å²) in [5, 5.41) is 9.00. The van der Waals surface area contributed by atoms with E-state index in [1.807, 2.05) is 0 Å². The molecule has 0 amide bonds. The average Bonchev–Trinajstić information content (AvgIpc) is 2.33. The molecule has 1 N–H and O–H groups in total. The van der Waals surface area contributed by atoms with Crippen LogP contribution in [0.2, 0.25) is 0 Å². The minimum Gasteiger partial charge on any atom is -0.481 e. The summed E-state index contributed by atoms with van der Waals surface area (Å²) in [5.41, 5.74) is -0.182. The van der Waals surface area contributed by atoms with Gasteiger partial charge in [-0.15, -0.1) is 0 Å². The van der Waals surface area contributed by atoms with Gasteiger partial charge in [-0.3, -0.25) is 9.59 Å². The Bertz CT molecular complexity index is 483. The molecule has 0 spiro atoms. The van der Waals surface area contributed by atoms with E-state index in [1.54, 1.807) is 24.3 Å². The maximum atomic E-state index is 11.9. The molecule has 0 saturated carbocycles. The van der Waals surface area contributed by atoms with Crippen molar-refractivity contribution in [3.8, 4) is 0 Å². The fourth-order valence-electron chi connectivity index (χ4n) is 2.07. The second kappa shape index (κ2) is 4.57. The average molecular weight is 237 g/mol. The van der Waals surface area contributed by atoms with Crippen LogP contribution in [-0.2, 0) is 11.8 Å². The molecule has 0 aromatic carbocycles. The van der Waals surface area contributed by atoms with Gasteiger partial charge in [-0.1, -0.05) is 0 Å². The number of hydrogen-bond acceptors (Lipinski definition) is 4. The van der Waals surface area contributed by atoms with Gasteiger partial charge >= 0.3 is 5.97 Å². The number of piperidine rings is 1. The first-order valence-electron chi connectivity index (χ1n) is 5.59. The van der Waals surface area contributed by atoms with Crippen molar-refractivity contribution in [2.75, 3.05) is 18.0 Å². The molecule has 92 valence electrons. The van der Waals surface area contributed by atoms with E-state index in [1.165, 1.54) is 4.57 Å². The maximum Gasteiger partial charge on any atom is 0.308 e. The Balaban J connectivity index is 2.25. The second-order valence-corrected chi connectivity index (χ2v) is 4.29. The molecule has 17 heavy (non-hydrogen) atoms. The van der Waals surface area contributed by atoms with E-state index < -0.39 is 11.9 Å². The fourth-order valence-corrected chi connectivity index (χ4v) is 2.07. The molecule has 1 saturated heterocycles. The van der Waals surface area contributed by atoms with Gasteiger partial charge in [-0.25, -0.2) is 4.98 Å². The molecular weight excluding hydrogens is 222 g/mol. The van der Waals surface area contributed by atoms with Gasteiger partial charge in [0.25, 0.3) is 5.56 Å². The highest BCUT2D eigenvalue weighted by molar-refractivity contribution is 5.71. The molecule has 2 rings (SSSR count). The number of hydrogen-bond donors (Lipinski definition) is 1. The van der Waals surface area contributed by atoms with Crippen LogP contribution >= 0.6 is 0 Å². The lowest BCUT2D eigenvalue weighted by Crippen LogP contribution is -2.42. The molecule has 1 fully saturated rings. The van der Waals surface area contributed by atoms with Gasteiger partial charge in [0.15, 0.2) is 5.82 Å². The van der Waals surface area contributed by atoms with Gasteiger partial charge < -0.3 is 14.6 Å². The van der Waals surface area contributed by atoms with E-state index >= 15 is 0 Å². The molecule has 2 heterocycles. The Hall–Kier alpha value is -1.85. The summed E-state index contributed by atoms with van der Waals surface area (Å²) in [6.45, 7) is 1.05. The predicted octanol–water partition coefficient (Wildman–Crippen LogP) is 0.0813. The van der Waals surface area contributed by atoms with Crippen molar-refractivity contribution >= 4 is 11.8 Å². The Morgan fingerprint density at radius 1 is 1.59 bits per heavy atom. The van der Waals surface area contributed by atoms with E-state index in [4.69, 9.17) is 5.11 Å². The summed E-state index contributed by atoms with van der Waals surface area (Å²) < 4.78 is 1.45. The Kier molecular flexibility index (Phi) is 3.12. The van der Waals surface area contributed by atoms with E-state index in [0.29, 0.717) is 25.3 Å². The van der Waals surface area contributed by atoms with Gasteiger partial charge in [0.2, 0.25) is 0 Å². The van der Waals surface area contributed by atoms with E-state index in [-0.39, 0.29) is 5.56 Å². The molecule has 0 aliphatic carbocycles. The standard InChI is InChI=1S/C11H15N3O3/c1-13-6-4-12-9(10(13)15)14-5-2-3-8(7-14)11(16)17/h4,6,8H,2-3,5,7H2,1H3,(H,16,17). The summed E-state index contributed by atoms with van der Waals surface area (Å²) in [6.07, 6.45) is 4.58. The van der Waals surface area contributed by atoms with Crippen molar-refractivity contribution in [3.05, 3.63) is 22.7 Å². The molecule has 1 aliphatic heterocycles. The van der Waals surface area contributed by atoms with Crippen molar-refractivity contribution < 1.29 is 9.90 Å². The number of aryl methyl sites for hydroxylation is 1. The van der Waals surface area contributed by atoms with Crippen LogP contribution in [0.5, 0.6) is 0 Å². The highest BCUT2D eigenvalue weighted by Crippen LogP contribution is 2.19. The summed E-state index contributed by atoms with van der Waals surface area (Å²) >= 11 is 0. The first kappa shape index (κ1) is 11.6. The lowest BCUT2D eigenvalue weighted by atomic mass is 9.98.